The third-order valence-electron chi connectivity index (χ3n) is 3.28. The van der Waals surface area contributed by atoms with Crippen molar-refractivity contribution in [3.63, 3.8) is 0 Å². The van der Waals surface area contributed by atoms with E-state index in [4.69, 9.17) is 4.74 Å². The summed E-state index contributed by atoms with van der Waals surface area (Å²) >= 11 is 0. The summed E-state index contributed by atoms with van der Waals surface area (Å²) in [5.74, 6) is 0.741. The molecule has 0 bridgehead atoms. The number of hydrogen-bond acceptors (Lipinski definition) is 4. The summed E-state index contributed by atoms with van der Waals surface area (Å²) in [5, 5.41) is 7.91. The Labute approximate surface area is 121 Å². The van der Waals surface area contributed by atoms with Crippen molar-refractivity contribution in [1.82, 2.24) is 15.0 Å². The Kier molecular flexibility index (Phi) is 3.27. The zero-order valence-electron chi connectivity index (χ0n) is 11.7. The average Bonchev–Trinajstić information content (AvgIpc) is 2.97. The highest BCUT2D eigenvalue weighted by molar-refractivity contribution is 5.97. The fourth-order valence-electron chi connectivity index (χ4n) is 2.07. The standard InChI is InChI=1S/C15H14N4O2/c1-18(11-7-9-12(21-2)10-8-11)15(20)19-14-6-4-3-5-13(14)16-17-19/h3-10H,1-2H3. The monoisotopic (exact) mass is 282 g/mol. The van der Waals surface area contributed by atoms with Crippen LogP contribution in [-0.2, 0) is 0 Å². The molecule has 6 nitrogen and oxygen atoms in total. The van der Waals surface area contributed by atoms with Crippen LogP contribution in [0.3, 0.4) is 0 Å². The lowest BCUT2D eigenvalue weighted by Gasteiger charge is -2.17. The van der Waals surface area contributed by atoms with Gasteiger partial charge in [0.25, 0.3) is 0 Å². The topological polar surface area (TPSA) is 60.2 Å². The Hall–Kier alpha value is -2.89. The molecular formula is C15H14N4O2. The first-order valence-corrected chi connectivity index (χ1v) is 6.43. The fourth-order valence-corrected chi connectivity index (χ4v) is 2.07. The van der Waals surface area contributed by atoms with Crippen LogP contribution in [0.4, 0.5) is 10.5 Å². The first-order chi connectivity index (χ1) is 10.2. The van der Waals surface area contributed by atoms with Gasteiger partial charge >= 0.3 is 6.03 Å². The van der Waals surface area contributed by atoms with E-state index in [9.17, 15) is 4.79 Å². The fraction of sp³-hybridized carbons (Fsp3) is 0.133. The minimum absolute atomic E-state index is 0.270. The van der Waals surface area contributed by atoms with Crippen LogP contribution in [0, 0.1) is 0 Å². The largest absolute Gasteiger partial charge is 0.497 e. The molecule has 0 fully saturated rings. The van der Waals surface area contributed by atoms with Crippen molar-refractivity contribution in [3.8, 4) is 5.75 Å². The maximum Gasteiger partial charge on any atom is 0.350 e. The van der Waals surface area contributed by atoms with Crippen molar-refractivity contribution in [3.05, 3.63) is 48.5 Å². The summed E-state index contributed by atoms with van der Waals surface area (Å²) in [6.45, 7) is 0. The van der Waals surface area contributed by atoms with Gasteiger partial charge in [-0.15, -0.1) is 5.10 Å². The quantitative estimate of drug-likeness (QED) is 0.724. The lowest BCUT2D eigenvalue weighted by Crippen LogP contribution is -2.31. The van der Waals surface area contributed by atoms with Crippen molar-refractivity contribution in [2.45, 2.75) is 0 Å². The van der Waals surface area contributed by atoms with E-state index in [0.717, 1.165) is 11.4 Å². The average molecular weight is 282 g/mol. The van der Waals surface area contributed by atoms with E-state index in [1.54, 1.807) is 26.3 Å². The van der Waals surface area contributed by atoms with Crippen LogP contribution in [0.1, 0.15) is 0 Å². The number of carbonyl (C=O) groups excluding carboxylic acids is 1. The van der Waals surface area contributed by atoms with Gasteiger partial charge in [-0.3, -0.25) is 4.90 Å². The molecule has 0 aliphatic carbocycles. The maximum absolute atomic E-state index is 12.5. The Balaban J connectivity index is 1.93. The summed E-state index contributed by atoms with van der Waals surface area (Å²) in [6.07, 6.45) is 0. The lowest BCUT2D eigenvalue weighted by molar-refractivity contribution is 0.246. The lowest BCUT2D eigenvalue weighted by atomic mass is 10.3. The summed E-state index contributed by atoms with van der Waals surface area (Å²) in [7, 11) is 3.30. The number of carbonyl (C=O) groups is 1. The number of hydrogen-bond donors (Lipinski definition) is 0. The molecule has 21 heavy (non-hydrogen) atoms. The molecule has 3 rings (SSSR count). The van der Waals surface area contributed by atoms with Gasteiger partial charge in [0.15, 0.2) is 0 Å². The van der Waals surface area contributed by atoms with Gasteiger partial charge in [0.2, 0.25) is 0 Å². The molecule has 6 heteroatoms. The van der Waals surface area contributed by atoms with Gasteiger partial charge in [0.05, 0.1) is 12.6 Å². The number of methoxy groups -OCH3 is 1. The van der Waals surface area contributed by atoms with Gasteiger partial charge in [-0.1, -0.05) is 17.3 Å². The Morgan fingerprint density at radius 2 is 1.86 bits per heavy atom. The molecule has 0 spiro atoms. The molecule has 3 aromatic rings. The predicted molar refractivity (Wildman–Crippen MR) is 79.7 cm³/mol. The highest BCUT2D eigenvalue weighted by Crippen LogP contribution is 2.19. The van der Waals surface area contributed by atoms with Crippen molar-refractivity contribution in [1.29, 1.82) is 0 Å². The second kappa shape index (κ2) is 5.24. The molecule has 1 heterocycles. The number of aromatic nitrogens is 3. The highest BCUT2D eigenvalue weighted by Gasteiger charge is 2.17. The van der Waals surface area contributed by atoms with Gasteiger partial charge in [0.1, 0.15) is 11.3 Å². The van der Waals surface area contributed by atoms with Crippen LogP contribution in [0.2, 0.25) is 0 Å². The van der Waals surface area contributed by atoms with Gasteiger partial charge in [-0.05, 0) is 36.4 Å². The molecule has 1 aromatic heterocycles. The number of para-hydroxylation sites is 1. The van der Waals surface area contributed by atoms with Crippen molar-refractivity contribution >= 4 is 22.8 Å². The van der Waals surface area contributed by atoms with E-state index in [2.05, 4.69) is 10.3 Å². The number of amides is 1. The van der Waals surface area contributed by atoms with E-state index >= 15 is 0 Å². The van der Waals surface area contributed by atoms with Gasteiger partial charge in [-0.25, -0.2) is 4.79 Å². The van der Waals surface area contributed by atoms with Crippen molar-refractivity contribution in [2.75, 3.05) is 19.1 Å². The summed E-state index contributed by atoms with van der Waals surface area (Å²) in [6, 6.07) is 14.3. The van der Waals surface area contributed by atoms with Crippen LogP contribution < -0.4 is 9.64 Å². The van der Waals surface area contributed by atoms with Crippen LogP contribution in [-0.4, -0.2) is 35.2 Å². The Morgan fingerprint density at radius 3 is 2.57 bits per heavy atom. The number of anilines is 1. The third-order valence-corrected chi connectivity index (χ3v) is 3.28. The van der Waals surface area contributed by atoms with Crippen LogP contribution in [0.15, 0.2) is 48.5 Å². The molecule has 0 saturated heterocycles. The number of nitrogens with zero attached hydrogens (tertiary/aromatic N) is 4. The zero-order valence-corrected chi connectivity index (χ0v) is 11.7. The second-order valence-electron chi connectivity index (χ2n) is 4.53. The predicted octanol–water partition coefficient (Wildman–Crippen LogP) is 2.54. The maximum atomic E-state index is 12.5. The molecule has 0 N–H and O–H groups in total. The third kappa shape index (κ3) is 2.31. The smallest absolute Gasteiger partial charge is 0.350 e. The van der Waals surface area contributed by atoms with Crippen LogP contribution in [0.5, 0.6) is 5.75 Å². The van der Waals surface area contributed by atoms with Gasteiger partial charge in [0, 0.05) is 12.7 Å². The summed E-state index contributed by atoms with van der Waals surface area (Å²) < 4.78 is 6.40. The minimum Gasteiger partial charge on any atom is -0.497 e. The molecular weight excluding hydrogens is 268 g/mol. The molecule has 0 aliphatic heterocycles. The van der Waals surface area contributed by atoms with E-state index in [-0.39, 0.29) is 6.03 Å². The number of ether oxygens (including phenoxy) is 1. The SMILES string of the molecule is COc1ccc(N(C)C(=O)n2nnc3ccccc32)cc1. The Morgan fingerprint density at radius 1 is 1.14 bits per heavy atom. The summed E-state index contributed by atoms with van der Waals surface area (Å²) in [4.78, 5) is 14.0. The van der Waals surface area contributed by atoms with E-state index < -0.39 is 0 Å². The molecule has 0 atom stereocenters. The number of fused-ring (bicyclic) bond motifs is 1. The molecule has 0 radical (unpaired) electrons. The second-order valence-corrected chi connectivity index (χ2v) is 4.53. The molecule has 1 amide bonds. The number of benzene rings is 2. The van der Waals surface area contributed by atoms with Crippen molar-refractivity contribution in [2.24, 2.45) is 0 Å². The van der Waals surface area contributed by atoms with E-state index in [1.165, 1.54) is 9.58 Å². The molecule has 0 saturated carbocycles. The molecule has 0 aliphatic rings. The molecule has 2 aromatic carbocycles. The van der Waals surface area contributed by atoms with E-state index in [0.29, 0.717) is 11.0 Å². The normalized spacial score (nSPS) is 10.6. The van der Waals surface area contributed by atoms with Crippen molar-refractivity contribution < 1.29 is 9.53 Å². The highest BCUT2D eigenvalue weighted by atomic mass is 16.5. The summed E-state index contributed by atoms with van der Waals surface area (Å²) in [5.41, 5.74) is 2.12. The molecule has 0 unspecified atom stereocenters. The van der Waals surface area contributed by atoms with Gasteiger partial charge in [-0.2, -0.15) is 4.68 Å². The minimum atomic E-state index is -0.270. The first kappa shape index (κ1) is 13.1. The van der Waals surface area contributed by atoms with Crippen LogP contribution >= 0.6 is 0 Å². The molecule has 106 valence electrons. The Bertz CT molecular complexity index is 780. The van der Waals surface area contributed by atoms with Crippen LogP contribution in [0.25, 0.3) is 11.0 Å². The number of rotatable bonds is 2. The zero-order chi connectivity index (χ0) is 14.8. The van der Waals surface area contributed by atoms with E-state index in [1.807, 2.05) is 36.4 Å². The van der Waals surface area contributed by atoms with Gasteiger partial charge < -0.3 is 4.74 Å². The first-order valence-electron chi connectivity index (χ1n) is 6.43.